The number of carbonyl (C=O) groups excluding carboxylic acids is 1. The van der Waals surface area contributed by atoms with Crippen molar-refractivity contribution in [3.63, 3.8) is 0 Å². The lowest BCUT2D eigenvalue weighted by molar-refractivity contribution is 0.0751. The Labute approximate surface area is 147 Å². The van der Waals surface area contributed by atoms with Crippen LogP contribution >= 0.6 is 0 Å². The van der Waals surface area contributed by atoms with Crippen molar-refractivity contribution in [3.05, 3.63) is 71.8 Å². The minimum atomic E-state index is -0.0252. The Morgan fingerprint density at radius 1 is 1.08 bits per heavy atom. The molecule has 1 saturated heterocycles. The van der Waals surface area contributed by atoms with Gasteiger partial charge in [0.25, 0.3) is 5.91 Å². The lowest BCUT2D eigenvalue weighted by atomic mass is 9.95. The van der Waals surface area contributed by atoms with E-state index in [0.29, 0.717) is 18.0 Å². The van der Waals surface area contributed by atoms with Gasteiger partial charge in [-0.15, -0.1) is 0 Å². The number of oxime groups is 1. The molecule has 2 aromatic carbocycles. The van der Waals surface area contributed by atoms with Crippen LogP contribution in [-0.2, 0) is 4.84 Å². The third kappa shape index (κ3) is 3.42. The number of nitrogens with one attached hydrogen (secondary N) is 1. The minimum absolute atomic E-state index is 0.0252. The van der Waals surface area contributed by atoms with E-state index in [2.05, 4.69) is 27.5 Å². The van der Waals surface area contributed by atoms with Crippen LogP contribution in [-0.4, -0.2) is 48.8 Å². The van der Waals surface area contributed by atoms with Crippen molar-refractivity contribution in [3.8, 4) is 0 Å². The number of amides is 1. The van der Waals surface area contributed by atoms with Gasteiger partial charge in [-0.1, -0.05) is 53.7 Å². The van der Waals surface area contributed by atoms with Gasteiger partial charge in [-0.25, -0.2) is 0 Å². The maximum Gasteiger partial charge on any atom is 0.251 e. The Bertz CT molecular complexity index is 761. The Kier molecular flexibility index (Phi) is 4.48. The normalized spacial score (nSPS) is 22.2. The highest BCUT2D eigenvalue weighted by Crippen LogP contribution is 2.29. The molecule has 5 heteroatoms. The molecule has 25 heavy (non-hydrogen) atoms. The number of nitrogens with zero attached hydrogens (tertiary/aromatic N) is 2. The van der Waals surface area contributed by atoms with Crippen LogP contribution < -0.4 is 5.32 Å². The van der Waals surface area contributed by atoms with E-state index in [1.165, 1.54) is 0 Å². The van der Waals surface area contributed by atoms with E-state index in [-0.39, 0.29) is 12.0 Å². The van der Waals surface area contributed by atoms with Gasteiger partial charge in [0.2, 0.25) is 0 Å². The summed E-state index contributed by atoms with van der Waals surface area (Å²) in [7, 11) is 0. The molecule has 0 aromatic heterocycles. The summed E-state index contributed by atoms with van der Waals surface area (Å²) in [5.74, 6) is 0.287. The molecular weight excluding hydrogens is 314 g/mol. The first-order chi connectivity index (χ1) is 12.3. The molecule has 0 radical (unpaired) electrons. The van der Waals surface area contributed by atoms with Crippen LogP contribution in [0, 0.1) is 5.92 Å². The third-order valence-electron chi connectivity index (χ3n) is 4.80. The van der Waals surface area contributed by atoms with Crippen LogP contribution in [0.25, 0.3) is 0 Å². The van der Waals surface area contributed by atoms with E-state index in [4.69, 9.17) is 4.84 Å². The third-order valence-corrected chi connectivity index (χ3v) is 4.80. The van der Waals surface area contributed by atoms with Gasteiger partial charge in [-0.3, -0.25) is 9.69 Å². The lowest BCUT2D eigenvalue weighted by Gasteiger charge is -2.16. The first-order valence-electron chi connectivity index (χ1n) is 8.66. The smallest absolute Gasteiger partial charge is 0.251 e. The highest BCUT2D eigenvalue weighted by Gasteiger charge is 2.42. The van der Waals surface area contributed by atoms with Gasteiger partial charge >= 0.3 is 0 Å². The van der Waals surface area contributed by atoms with Crippen molar-refractivity contribution in [1.82, 2.24) is 10.2 Å². The summed E-state index contributed by atoms with van der Waals surface area (Å²) in [5.41, 5.74) is 2.87. The Hall–Kier alpha value is -2.66. The standard InChI is InChI=1S/C20H21N3O2/c24-20(16-9-5-2-6-10-16)21-11-12-23-13-17-18(14-23)25-22-19(17)15-7-3-1-4-8-15/h1-10,17-18H,11-14H2,(H,21,24). The Morgan fingerprint density at radius 2 is 1.80 bits per heavy atom. The van der Waals surface area contributed by atoms with Crippen molar-refractivity contribution in [2.24, 2.45) is 11.1 Å². The monoisotopic (exact) mass is 335 g/mol. The molecule has 2 atom stereocenters. The fourth-order valence-corrected chi connectivity index (χ4v) is 3.49. The number of carbonyl (C=O) groups is 1. The molecular formula is C20H21N3O2. The van der Waals surface area contributed by atoms with Gasteiger partial charge in [-0.2, -0.15) is 0 Å². The molecule has 1 N–H and O–H groups in total. The molecule has 0 spiro atoms. The summed E-state index contributed by atoms with van der Waals surface area (Å²) < 4.78 is 0. The SMILES string of the molecule is O=C(NCCN1CC2ON=C(c3ccccc3)C2C1)c1ccccc1. The fourth-order valence-electron chi connectivity index (χ4n) is 3.49. The molecule has 0 aliphatic carbocycles. The van der Waals surface area contributed by atoms with E-state index in [1.54, 1.807) is 0 Å². The van der Waals surface area contributed by atoms with E-state index in [0.717, 1.165) is 30.9 Å². The van der Waals surface area contributed by atoms with Crippen LogP contribution in [0.5, 0.6) is 0 Å². The molecule has 0 saturated carbocycles. The van der Waals surface area contributed by atoms with Crippen LogP contribution in [0.15, 0.2) is 65.8 Å². The van der Waals surface area contributed by atoms with E-state index in [9.17, 15) is 4.79 Å². The molecule has 2 unspecified atom stereocenters. The zero-order valence-corrected chi connectivity index (χ0v) is 14.0. The number of hydrogen-bond acceptors (Lipinski definition) is 4. The molecule has 0 bridgehead atoms. The number of fused-ring (bicyclic) bond motifs is 1. The zero-order valence-electron chi connectivity index (χ0n) is 14.0. The van der Waals surface area contributed by atoms with Crippen LogP contribution in [0.2, 0.25) is 0 Å². The Balaban J connectivity index is 1.29. The summed E-state index contributed by atoms with van der Waals surface area (Å²) in [6.45, 7) is 3.22. The van der Waals surface area contributed by atoms with Crippen LogP contribution in [0.1, 0.15) is 15.9 Å². The maximum atomic E-state index is 12.1. The van der Waals surface area contributed by atoms with Crippen molar-refractivity contribution in [2.45, 2.75) is 6.10 Å². The summed E-state index contributed by atoms with van der Waals surface area (Å²) in [6.07, 6.45) is 0.125. The molecule has 128 valence electrons. The van der Waals surface area contributed by atoms with Crippen molar-refractivity contribution < 1.29 is 9.63 Å². The second-order valence-corrected chi connectivity index (χ2v) is 6.47. The molecule has 2 aliphatic heterocycles. The molecule has 1 amide bonds. The molecule has 2 aromatic rings. The molecule has 4 rings (SSSR count). The van der Waals surface area contributed by atoms with Gasteiger partial charge in [0, 0.05) is 31.7 Å². The van der Waals surface area contributed by atoms with Gasteiger partial charge < -0.3 is 10.2 Å². The number of rotatable bonds is 5. The first kappa shape index (κ1) is 15.8. The zero-order chi connectivity index (χ0) is 17.1. The van der Waals surface area contributed by atoms with Crippen molar-refractivity contribution in [2.75, 3.05) is 26.2 Å². The molecule has 2 aliphatic rings. The van der Waals surface area contributed by atoms with Crippen LogP contribution in [0.4, 0.5) is 0 Å². The van der Waals surface area contributed by atoms with Crippen LogP contribution in [0.3, 0.4) is 0 Å². The summed E-state index contributed by atoms with van der Waals surface area (Å²) in [5, 5.41) is 7.28. The summed E-state index contributed by atoms with van der Waals surface area (Å²) in [6, 6.07) is 19.5. The molecule has 5 nitrogen and oxygen atoms in total. The molecule has 1 fully saturated rings. The maximum absolute atomic E-state index is 12.1. The lowest BCUT2D eigenvalue weighted by Crippen LogP contribution is -2.34. The average molecular weight is 335 g/mol. The summed E-state index contributed by atoms with van der Waals surface area (Å²) in [4.78, 5) is 20.0. The average Bonchev–Trinajstić information content (AvgIpc) is 3.23. The Morgan fingerprint density at radius 3 is 2.56 bits per heavy atom. The van der Waals surface area contributed by atoms with E-state index < -0.39 is 0 Å². The fraction of sp³-hybridized carbons (Fsp3) is 0.300. The number of benzene rings is 2. The highest BCUT2D eigenvalue weighted by molar-refractivity contribution is 6.03. The predicted molar refractivity (Wildman–Crippen MR) is 96.6 cm³/mol. The van der Waals surface area contributed by atoms with Gasteiger partial charge in [-0.05, 0) is 17.7 Å². The minimum Gasteiger partial charge on any atom is -0.390 e. The number of likely N-dealkylation sites (tertiary alicyclic amines) is 1. The van der Waals surface area contributed by atoms with E-state index >= 15 is 0 Å². The van der Waals surface area contributed by atoms with Gasteiger partial charge in [0.15, 0.2) is 0 Å². The predicted octanol–water partition coefficient (Wildman–Crippen LogP) is 2.15. The number of hydrogen-bond donors (Lipinski definition) is 1. The first-order valence-corrected chi connectivity index (χ1v) is 8.66. The van der Waals surface area contributed by atoms with Gasteiger partial charge in [0.1, 0.15) is 6.10 Å². The summed E-state index contributed by atoms with van der Waals surface area (Å²) >= 11 is 0. The van der Waals surface area contributed by atoms with Gasteiger partial charge in [0.05, 0.1) is 11.6 Å². The second kappa shape index (κ2) is 7.07. The highest BCUT2D eigenvalue weighted by atomic mass is 16.6. The van der Waals surface area contributed by atoms with Crippen molar-refractivity contribution >= 4 is 11.6 Å². The van der Waals surface area contributed by atoms with Crippen molar-refractivity contribution in [1.29, 1.82) is 0 Å². The second-order valence-electron chi connectivity index (χ2n) is 6.47. The largest absolute Gasteiger partial charge is 0.390 e. The molecule has 2 heterocycles. The quantitative estimate of drug-likeness (QED) is 0.911. The van der Waals surface area contributed by atoms with E-state index in [1.807, 2.05) is 48.5 Å². The topological polar surface area (TPSA) is 53.9 Å².